The zero-order valence-corrected chi connectivity index (χ0v) is 16.3. The van der Waals surface area contributed by atoms with Gasteiger partial charge in [0, 0.05) is 42.0 Å². The number of pyridine rings is 1. The zero-order chi connectivity index (χ0) is 19.3. The van der Waals surface area contributed by atoms with Gasteiger partial charge in [-0.15, -0.1) is 11.3 Å². The molecule has 0 saturated heterocycles. The molecule has 1 atom stereocenters. The van der Waals surface area contributed by atoms with E-state index in [4.69, 9.17) is 0 Å². The molecule has 4 rings (SSSR count). The number of aromatic nitrogens is 4. The second-order valence-corrected chi connectivity index (χ2v) is 7.80. The van der Waals surface area contributed by atoms with E-state index in [9.17, 15) is 9.90 Å². The highest BCUT2D eigenvalue weighted by Gasteiger charge is 2.24. The van der Waals surface area contributed by atoms with Crippen molar-refractivity contribution in [2.75, 3.05) is 6.54 Å². The summed E-state index contributed by atoms with van der Waals surface area (Å²) in [5.74, 6) is 0. The molecule has 3 aromatic heterocycles. The molecule has 3 aromatic rings. The van der Waals surface area contributed by atoms with Crippen LogP contribution in [-0.4, -0.2) is 37.4 Å². The molecule has 0 aliphatic heterocycles. The lowest BCUT2D eigenvalue weighted by atomic mass is 9.91. The predicted octanol–water partition coefficient (Wildman–Crippen LogP) is 2.57. The summed E-state index contributed by atoms with van der Waals surface area (Å²) >= 11 is 1.49. The van der Waals surface area contributed by atoms with Gasteiger partial charge >= 0.3 is 0 Å². The first-order valence-electron chi connectivity index (χ1n) is 9.50. The topological polar surface area (TPSA) is 92.9 Å². The van der Waals surface area contributed by atoms with E-state index < -0.39 is 6.10 Å². The zero-order valence-electron chi connectivity index (χ0n) is 15.4. The molecule has 0 bridgehead atoms. The lowest BCUT2D eigenvalue weighted by Crippen LogP contribution is -2.38. The van der Waals surface area contributed by atoms with Crippen LogP contribution in [0.1, 0.15) is 43.5 Å². The Kier molecular flexibility index (Phi) is 5.90. The number of hydrogen-bond donors (Lipinski definition) is 2. The summed E-state index contributed by atoms with van der Waals surface area (Å²) in [5, 5.41) is 20.1. The predicted molar refractivity (Wildman–Crippen MR) is 108 cm³/mol. The van der Waals surface area contributed by atoms with Crippen LogP contribution >= 0.6 is 11.3 Å². The van der Waals surface area contributed by atoms with Crippen LogP contribution in [0, 0.1) is 0 Å². The van der Waals surface area contributed by atoms with Gasteiger partial charge in [-0.05, 0) is 43.9 Å². The number of nitrogens with one attached hydrogen (secondary N) is 1. The quantitative estimate of drug-likeness (QED) is 0.664. The van der Waals surface area contributed by atoms with Crippen molar-refractivity contribution >= 4 is 11.3 Å². The van der Waals surface area contributed by atoms with Gasteiger partial charge in [-0.25, -0.2) is 9.67 Å². The molecule has 8 heteroatoms. The molecule has 1 unspecified atom stereocenters. The molecule has 3 heterocycles. The van der Waals surface area contributed by atoms with E-state index in [0.29, 0.717) is 12.6 Å². The standard InChI is InChI=1S/C20H23N5O2S/c26-19(18-12-28-13-23-18)11-22-15-1-3-16(4-2-15)25-20(27)6-5-17(24-25)14-7-9-21-10-8-14/h5-10,12-13,15-16,19,22,26H,1-4,11H2. The number of aliphatic hydroxyl groups excluding tert-OH is 1. The van der Waals surface area contributed by atoms with Gasteiger partial charge in [0.1, 0.15) is 6.10 Å². The molecule has 28 heavy (non-hydrogen) atoms. The molecule has 1 aliphatic rings. The minimum Gasteiger partial charge on any atom is -0.385 e. The first-order chi connectivity index (χ1) is 13.7. The first-order valence-corrected chi connectivity index (χ1v) is 10.4. The van der Waals surface area contributed by atoms with Crippen molar-refractivity contribution in [1.29, 1.82) is 0 Å². The summed E-state index contributed by atoms with van der Waals surface area (Å²) in [4.78, 5) is 20.5. The Morgan fingerprint density at radius 3 is 2.68 bits per heavy atom. The Bertz CT molecular complexity index is 937. The van der Waals surface area contributed by atoms with Crippen LogP contribution in [0.25, 0.3) is 11.3 Å². The van der Waals surface area contributed by atoms with Crippen LogP contribution < -0.4 is 10.9 Å². The van der Waals surface area contributed by atoms with E-state index in [-0.39, 0.29) is 11.6 Å². The van der Waals surface area contributed by atoms with Gasteiger partial charge in [0.2, 0.25) is 0 Å². The Morgan fingerprint density at radius 1 is 1.18 bits per heavy atom. The molecule has 0 amide bonds. The third kappa shape index (κ3) is 4.35. The fraction of sp³-hybridized carbons (Fsp3) is 0.400. The summed E-state index contributed by atoms with van der Waals surface area (Å²) in [6.07, 6.45) is 6.54. The largest absolute Gasteiger partial charge is 0.385 e. The van der Waals surface area contributed by atoms with E-state index in [2.05, 4.69) is 20.4 Å². The van der Waals surface area contributed by atoms with Gasteiger partial charge in [0.05, 0.1) is 22.9 Å². The maximum absolute atomic E-state index is 12.4. The lowest BCUT2D eigenvalue weighted by molar-refractivity contribution is 0.158. The van der Waals surface area contributed by atoms with Gasteiger partial charge in [-0.1, -0.05) is 0 Å². The molecular formula is C20H23N5O2S. The van der Waals surface area contributed by atoms with Crippen molar-refractivity contribution in [2.45, 2.75) is 43.9 Å². The van der Waals surface area contributed by atoms with Crippen LogP contribution in [-0.2, 0) is 0 Å². The Labute approximate surface area is 167 Å². The van der Waals surface area contributed by atoms with E-state index in [1.165, 1.54) is 11.3 Å². The molecule has 7 nitrogen and oxygen atoms in total. The minimum absolute atomic E-state index is 0.0619. The molecule has 0 spiro atoms. The van der Waals surface area contributed by atoms with Gasteiger partial charge in [0.15, 0.2) is 0 Å². The average Bonchev–Trinajstić information content (AvgIpc) is 3.29. The highest BCUT2D eigenvalue weighted by atomic mass is 32.1. The van der Waals surface area contributed by atoms with Crippen LogP contribution in [0.5, 0.6) is 0 Å². The van der Waals surface area contributed by atoms with Crippen molar-refractivity contribution in [2.24, 2.45) is 0 Å². The summed E-state index contributed by atoms with van der Waals surface area (Å²) in [6.45, 7) is 0.495. The molecule has 146 valence electrons. The number of rotatable bonds is 6. The lowest BCUT2D eigenvalue weighted by Gasteiger charge is -2.30. The number of nitrogens with zero attached hydrogens (tertiary/aromatic N) is 4. The minimum atomic E-state index is -0.578. The van der Waals surface area contributed by atoms with E-state index in [0.717, 1.165) is 42.6 Å². The van der Waals surface area contributed by atoms with Gasteiger partial charge in [-0.3, -0.25) is 9.78 Å². The highest BCUT2D eigenvalue weighted by Crippen LogP contribution is 2.28. The maximum Gasteiger partial charge on any atom is 0.267 e. The SMILES string of the molecule is O=c1ccc(-c2ccncc2)nn1C1CCC(NCC(O)c2cscn2)CC1. The van der Waals surface area contributed by atoms with Crippen molar-refractivity contribution in [3.05, 3.63) is 63.6 Å². The highest BCUT2D eigenvalue weighted by molar-refractivity contribution is 7.07. The van der Waals surface area contributed by atoms with E-state index in [1.807, 2.05) is 17.5 Å². The van der Waals surface area contributed by atoms with Gasteiger partial charge in [-0.2, -0.15) is 5.10 Å². The molecule has 1 aliphatic carbocycles. The molecule has 2 N–H and O–H groups in total. The second kappa shape index (κ2) is 8.72. The second-order valence-electron chi connectivity index (χ2n) is 7.08. The van der Waals surface area contributed by atoms with Crippen LogP contribution in [0.3, 0.4) is 0 Å². The first kappa shape index (κ1) is 18.9. The summed E-state index contributed by atoms with van der Waals surface area (Å²) in [7, 11) is 0. The molecule has 1 saturated carbocycles. The Balaban J connectivity index is 1.36. The van der Waals surface area contributed by atoms with E-state index >= 15 is 0 Å². The van der Waals surface area contributed by atoms with Crippen LogP contribution in [0.2, 0.25) is 0 Å². The van der Waals surface area contributed by atoms with Crippen LogP contribution in [0.4, 0.5) is 0 Å². The fourth-order valence-electron chi connectivity index (χ4n) is 3.66. The summed E-state index contributed by atoms with van der Waals surface area (Å²) in [6, 6.07) is 7.59. The Hall–Kier alpha value is -2.42. The third-order valence-corrected chi connectivity index (χ3v) is 5.84. The van der Waals surface area contributed by atoms with Crippen molar-refractivity contribution in [3.63, 3.8) is 0 Å². The third-order valence-electron chi connectivity index (χ3n) is 5.24. The van der Waals surface area contributed by atoms with Gasteiger partial charge < -0.3 is 10.4 Å². The maximum atomic E-state index is 12.4. The molecule has 1 fully saturated rings. The van der Waals surface area contributed by atoms with Gasteiger partial charge in [0.25, 0.3) is 5.56 Å². The number of aliphatic hydroxyl groups is 1. The fourth-order valence-corrected chi connectivity index (χ4v) is 4.26. The normalized spacial score (nSPS) is 20.8. The monoisotopic (exact) mass is 397 g/mol. The Morgan fingerprint density at radius 2 is 1.96 bits per heavy atom. The summed E-state index contributed by atoms with van der Waals surface area (Å²) in [5.41, 5.74) is 4.13. The summed E-state index contributed by atoms with van der Waals surface area (Å²) < 4.78 is 1.64. The molecular weight excluding hydrogens is 374 g/mol. The van der Waals surface area contributed by atoms with Crippen LogP contribution in [0.15, 0.2) is 52.3 Å². The average molecular weight is 398 g/mol. The van der Waals surface area contributed by atoms with Crippen molar-refractivity contribution < 1.29 is 5.11 Å². The van der Waals surface area contributed by atoms with Crippen molar-refractivity contribution in [1.82, 2.24) is 25.1 Å². The number of thiazole rings is 1. The smallest absolute Gasteiger partial charge is 0.267 e. The van der Waals surface area contributed by atoms with E-state index in [1.54, 1.807) is 34.7 Å². The van der Waals surface area contributed by atoms with Crippen molar-refractivity contribution in [3.8, 4) is 11.3 Å². The molecule has 0 aromatic carbocycles. The number of hydrogen-bond acceptors (Lipinski definition) is 7. The molecule has 0 radical (unpaired) electrons.